The second kappa shape index (κ2) is 6.43. The third kappa shape index (κ3) is 3.31. The van der Waals surface area contributed by atoms with Crippen molar-refractivity contribution in [3.8, 4) is 0 Å². The topological polar surface area (TPSA) is 35.5 Å². The smallest absolute Gasteiger partial charge is 0.310 e. The second-order valence-electron chi connectivity index (χ2n) is 8.67. The van der Waals surface area contributed by atoms with E-state index in [-0.39, 0.29) is 23.0 Å². The van der Waals surface area contributed by atoms with Gasteiger partial charge in [0.25, 0.3) is 0 Å². The average molecular weight is 379 g/mol. The predicted molar refractivity (Wildman–Crippen MR) is 106 cm³/mol. The maximum Gasteiger partial charge on any atom is 0.310 e. The van der Waals surface area contributed by atoms with Gasteiger partial charge in [-0.1, -0.05) is 32.9 Å². The van der Waals surface area contributed by atoms with Crippen LogP contribution in [0.2, 0.25) is 18.1 Å². The lowest BCUT2D eigenvalue weighted by Gasteiger charge is -2.39. The molecule has 0 aromatic heterocycles. The number of thioether (sulfide) groups is 1. The Hall–Kier alpha value is -0.783. The maximum absolute atomic E-state index is 12.2. The highest BCUT2D eigenvalue weighted by Gasteiger charge is 2.62. The molecule has 1 saturated carbocycles. The van der Waals surface area contributed by atoms with Crippen molar-refractivity contribution in [2.24, 2.45) is 5.92 Å². The van der Waals surface area contributed by atoms with Crippen molar-refractivity contribution >= 4 is 26.0 Å². The molecule has 5 heteroatoms. The molecule has 1 aliphatic heterocycles. The minimum atomic E-state index is -1.84. The zero-order valence-electron chi connectivity index (χ0n) is 16.4. The first-order valence-corrected chi connectivity index (χ1v) is 13.0. The molecule has 3 nitrogen and oxygen atoms in total. The first-order valence-electron chi connectivity index (χ1n) is 9.22. The molecule has 4 unspecified atom stereocenters. The third-order valence-corrected chi connectivity index (χ3v) is 11.9. The number of fused-ring (bicyclic) bond motifs is 3. The minimum absolute atomic E-state index is 0.0265. The molecule has 0 radical (unpaired) electrons. The molecule has 0 bridgehead atoms. The number of hydrogen-bond donors (Lipinski definition) is 0. The second-order valence-corrected chi connectivity index (χ2v) is 14.6. The monoisotopic (exact) mass is 378 g/mol. The van der Waals surface area contributed by atoms with Crippen LogP contribution in [0.4, 0.5) is 0 Å². The van der Waals surface area contributed by atoms with Crippen LogP contribution in [0.3, 0.4) is 0 Å². The number of esters is 1. The first-order chi connectivity index (χ1) is 11.6. The summed E-state index contributed by atoms with van der Waals surface area (Å²) < 4.78 is 11.9. The molecule has 1 aromatic rings. The Bertz CT molecular complexity index is 680. The highest BCUT2D eigenvalue weighted by molar-refractivity contribution is 8.00. The fourth-order valence-electron chi connectivity index (χ4n) is 3.50. The molecule has 0 amide bonds. The van der Waals surface area contributed by atoms with Crippen molar-refractivity contribution in [1.82, 2.24) is 0 Å². The summed E-state index contributed by atoms with van der Waals surface area (Å²) in [5.41, 5.74) is 2.59. The van der Waals surface area contributed by atoms with Crippen LogP contribution in [0, 0.1) is 5.92 Å². The van der Waals surface area contributed by atoms with E-state index in [4.69, 9.17) is 9.16 Å². The van der Waals surface area contributed by atoms with Crippen LogP contribution >= 0.6 is 11.8 Å². The zero-order chi connectivity index (χ0) is 18.6. The number of rotatable bonds is 5. The summed E-state index contributed by atoms with van der Waals surface area (Å²) in [6.45, 7) is 15.9. The van der Waals surface area contributed by atoms with E-state index in [1.165, 1.54) is 16.0 Å². The Morgan fingerprint density at radius 2 is 2.00 bits per heavy atom. The Morgan fingerprint density at radius 1 is 1.32 bits per heavy atom. The summed E-state index contributed by atoms with van der Waals surface area (Å²) in [5.74, 6) is 0.294. The number of benzene rings is 1. The van der Waals surface area contributed by atoms with Gasteiger partial charge < -0.3 is 9.16 Å². The van der Waals surface area contributed by atoms with E-state index < -0.39 is 8.32 Å². The normalized spacial score (nSPS) is 26.0. The average Bonchev–Trinajstić information content (AvgIpc) is 3.07. The Morgan fingerprint density at radius 3 is 2.60 bits per heavy atom. The molecule has 1 heterocycles. The predicted octanol–water partition coefficient (Wildman–Crippen LogP) is 5.52. The van der Waals surface area contributed by atoms with Crippen molar-refractivity contribution < 1.29 is 14.0 Å². The summed E-state index contributed by atoms with van der Waals surface area (Å²) in [6, 6.07) is 6.48. The van der Waals surface area contributed by atoms with Gasteiger partial charge >= 0.3 is 5.97 Å². The van der Waals surface area contributed by atoms with Crippen LogP contribution in [-0.2, 0) is 14.0 Å². The van der Waals surface area contributed by atoms with Crippen molar-refractivity contribution in [3.63, 3.8) is 0 Å². The van der Waals surface area contributed by atoms with Gasteiger partial charge in [0.2, 0.25) is 0 Å². The summed E-state index contributed by atoms with van der Waals surface area (Å²) in [4.78, 5) is 13.5. The molecule has 4 atom stereocenters. The highest BCUT2D eigenvalue weighted by Crippen LogP contribution is 2.66. The summed E-state index contributed by atoms with van der Waals surface area (Å²) in [5, 5.41) is 0.541. The standard InChI is InChI=1S/C20H30O3SSi/c1-8-22-19(21)17-16-15-13(10-9-11-14(15)24-18(16)17)12(2)23-25(6,7)20(3,4)5/h9-12,16-18H,8H2,1-7H3. The summed E-state index contributed by atoms with van der Waals surface area (Å²) >= 11 is 1.84. The molecule has 0 saturated heterocycles. The van der Waals surface area contributed by atoms with Gasteiger partial charge in [-0.05, 0) is 49.2 Å². The first kappa shape index (κ1) is 19.0. The van der Waals surface area contributed by atoms with E-state index in [0.717, 1.165) is 0 Å². The largest absolute Gasteiger partial charge is 0.466 e. The van der Waals surface area contributed by atoms with Gasteiger partial charge in [-0.2, -0.15) is 0 Å². The van der Waals surface area contributed by atoms with Crippen LogP contribution in [-0.4, -0.2) is 26.1 Å². The van der Waals surface area contributed by atoms with Crippen LogP contribution in [0.1, 0.15) is 57.8 Å². The van der Waals surface area contributed by atoms with Crippen molar-refractivity contribution in [1.29, 1.82) is 0 Å². The number of carbonyl (C=O) groups is 1. The van der Waals surface area contributed by atoms with E-state index in [2.05, 4.69) is 59.0 Å². The lowest BCUT2D eigenvalue weighted by Crippen LogP contribution is -2.41. The quantitative estimate of drug-likeness (QED) is 0.499. The molecule has 3 rings (SSSR count). The molecular formula is C20H30O3SSi. The SMILES string of the molecule is CCOC(=O)C1C2Sc3cccc(C(C)O[Si](C)(C)C(C)(C)C)c3C21. The number of ether oxygens (including phenoxy) is 1. The molecule has 1 fully saturated rings. The molecule has 2 aliphatic rings. The van der Waals surface area contributed by atoms with Gasteiger partial charge in [0.15, 0.2) is 8.32 Å². The highest BCUT2D eigenvalue weighted by atomic mass is 32.2. The van der Waals surface area contributed by atoms with E-state index in [1.54, 1.807) is 0 Å². The number of hydrogen-bond acceptors (Lipinski definition) is 4. The van der Waals surface area contributed by atoms with Gasteiger partial charge in [0.1, 0.15) is 0 Å². The summed E-state index contributed by atoms with van der Waals surface area (Å²) in [6.07, 6.45) is 0.0543. The fourth-order valence-corrected chi connectivity index (χ4v) is 6.48. The van der Waals surface area contributed by atoms with Crippen molar-refractivity contribution in [2.45, 2.75) is 74.9 Å². The molecule has 1 aliphatic carbocycles. The lowest BCUT2D eigenvalue weighted by molar-refractivity contribution is -0.144. The van der Waals surface area contributed by atoms with Gasteiger partial charge in [0, 0.05) is 16.1 Å². The van der Waals surface area contributed by atoms with Crippen LogP contribution < -0.4 is 0 Å². The van der Waals surface area contributed by atoms with Crippen molar-refractivity contribution in [3.05, 3.63) is 29.3 Å². The van der Waals surface area contributed by atoms with Crippen LogP contribution in [0.25, 0.3) is 0 Å². The lowest BCUT2D eigenvalue weighted by atomic mass is 9.98. The van der Waals surface area contributed by atoms with Gasteiger partial charge in [0.05, 0.1) is 18.6 Å². The third-order valence-electron chi connectivity index (χ3n) is 5.92. The summed E-state index contributed by atoms with van der Waals surface area (Å²) in [7, 11) is -1.84. The van der Waals surface area contributed by atoms with Gasteiger partial charge in [-0.25, -0.2) is 0 Å². The Balaban J connectivity index is 1.84. The van der Waals surface area contributed by atoms with E-state index in [9.17, 15) is 4.79 Å². The maximum atomic E-state index is 12.2. The van der Waals surface area contributed by atoms with Crippen LogP contribution in [0.5, 0.6) is 0 Å². The van der Waals surface area contributed by atoms with E-state index in [0.29, 0.717) is 17.8 Å². The van der Waals surface area contributed by atoms with E-state index in [1.807, 2.05) is 18.7 Å². The Labute approximate surface area is 157 Å². The molecule has 1 aromatic carbocycles. The molecule has 0 N–H and O–H groups in total. The molecule has 0 spiro atoms. The Kier molecular flexibility index (Phi) is 4.88. The zero-order valence-corrected chi connectivity index (χ0v) is 18.2. The van der Waals surface area contributed by atoms with Crippen molar-refractivity contribution in [2.75, 3.05) is 6.61 Å². The molecular weight excluding hydrogens is 348 g/mol. The van der Waals surface area contributed by atoms with Crippen LogP contribution in [0.15, 0.2) is 23.1 Å². The molecule has 138 valence electrons. The van der Waals surface area contributed by atoms with Gasteiger partial charge in [-0.3, -0.25) is 4.79 Å². The minimum Gasteiger partial charge on any atom is -0.466 e. The van der Waals surface area contributed by atoms with Gasteiger partial charge in [-0.15, -0.1) is 11.8 Å². The number of carbonyl (C=O) groups excluding carboxylic acids is 1. The molecule has 25 heavy (non-hydrogen) atoms. The van der Waals surface area contributed by atoms with E-state index >= 15 is 0 Å². The fraction of sp³-hybridized carbons (Fsp3) is 0.650.